The van der Waals surface area contributed by atoms with E-state index in [4.69, 9.17) is 5.73 Å². The second-order valence-corrected chi connectivity index (χ2v) is 7.50. The number of hydrogen-bond acceptors (Lipinski definition) is 3. The Bertz CT molecular complexity index is 503. The summed E-state index contributed by atoms with van der Waals surface area (Å²) in [5, 5.41) is 1.97. The van der Waals surface area contributed by atoms with Gasteiger partial charge < -0.3 is 11.1 Å². The molecule has 0 bridgehead atoms. The Morgan fingerprint density at radius 1 is 1.33 bits per heavy atom. The van der Waals surface area contributed by atoms with E-state index in [-0.39, 0.29) is 12.5 Å². The van der Waals surface area contributed by atoms with Crippen LogP contribution in [0.1, 0.15) is 29.6 Å². The number of amides is 1. The van der Waals surface area contributed by atoms with Crippen LogP contribution in [0, 0.1) is 0 Å². The van der Waals surface area contributed by atoms with Crippen molar-refractivity contribution in [1.29, 1.82) is 0 Å². The fraction of sp³-hybridized carbons (Fsp3) is 0.444. The molecule has 1 aliphatic rings. The molecule has 0 saturated carbocycles. The van der Waals surface area contributed by atoms with Crippen LogP contribution in [0.2, 0.25) is 0 Å². The van der Waals surface area contributed by atoms with Crippen LogP contribution in [-0.4, -0.2) is 12.1 Å². The second-order valence-electron chi connectivity index (χ2n) is 3.84. The Balaban J connectivity index is 2.27. The summed E-state index contributed by atoms with van der Waals surface area (Å²) in [5.41, 5.74) is 7.26. The standard InChI is InChI=1S/C9H7Br2F3N2OS/c10-6-4-2(15)1-3(5(4)7(11)18-6)16-8(17)9(12,13)14/h2-3H,1,15H2,(H,16,17)/t2-,3+/m0/s1. The second kappa shape index (κ2) is 4.77. The van der Waals surface area contributed by atoms with Gasteiger partial charge in [0.15, 0.2) is 0 Å². The van der Waals surface area contributed by atoms with Crippen molar-refractivity contribution in [2.45, 2.75) is 24.7 Å². The molecule has 0 fully saturated rings. The van der Waals surface area contributed by atoms with Crippen LogP contribution in [0.3, 0.4) is 0 Å². The molecular weight excluding hydrogens is 401 g/mol. The first kappa shape index (κ1) is 14.3. The molecule has 3 nitrogen and oxygen atoms in total. The Morgan fingerprint density at radius 3 is 2.44 bits per heavy atom. The zero-order valence-electron chi connectivity index (χ0n) is 8.65. The molecule has 0 spiro atoms. The van der Waals surface area contributed by atoms with Crippen LogP contribution in [-0.2, 0) is 4.79 Å². The first-order valence-corrected chi connectivity index (χ1v) is 7.23. The van der Waals surface area contributed by atoms with Crippen LogP contribution in [0.15, 0.2) is 7.57 Å². The highest BCUT2D eigenvalue weighted by atomic mass is 79.9. The van der Waals surface area contributed by atoms with Crippen LogP contribution in [0.4, 0.5) is 13.2 Å². The van der Waals surface area contributed by atoms with E-state index in [2.05, 4.69) is 31.9 Å². The topological polar surface area (TPSA) is 55.1 Å². The fourth-order valence-electron chi connectivity index (χ4n) is 1.93. The minimum atomic E-state index is -4.88. The van der Waals surface area contributed by atoms with E-state index in [0.29, 0.717) is 9.35 Å². The molecule has 0 saturated heterocycles. The number of carbonyl (C=O) groups is 1. The molecule has 2 rings (SSSR count). The predicted octanol–water partition coefficient (Wildman–Crippen LogP) is 3.40. The zero-order valence-corrected chi connectivity index (χ0v) is 12.6. The van der Waals surface area contributed by atoms with E-state index in [1.54, 1.807) is 0 Å². The molecule has 1 heterocycles. The van der Waals surface area contributed by atoms with Crippen molar-refractivity contribution in [3.63, 3.8) is 0 Å². The Hall–Kier alpha value is -0.120. The highest BCUT2D eigenvalue weighted by molar-refractivity contribution is 9.12. The van der Waals surface area contributed by atoms with Gasteiger partial charge in [-0.05, 0) is 38.3 Å². The van der Waals surface area contributed by atoms with Gasteiger partial charge in [-0.1, -0.05) is 0 Å². The Kier molecular flexibility index (Phi) is 3.79. The van der Waals surface area contributed by atoms with Crippen molar-refractivity contribution < 1.29 is 18.0 Å². The molecule has 0 radical (unpaired) electrons. The number of nitrogens with two attached hydrogens (primary N) is 1. The summed E-state index contributed by atoms with van der Waals surface area (Å²) >= 11 is 7.93. The number of rotatable bonds is 1. The number of fused-ring (bicyclic) bond motifs is 1. The van der Waals surface area contributed by atoms with E-state index < -0.39 is 18.1 Å². The van der Waals surface area contributed by atoms with Crippen molar-refractivity contribution in [2.75, 3.05) is 0 Å². The van der Waals surface area contributed by atoms with Crippen molar-refractivity contribution in [3.05, 3.63) is 18.7 Å². The molecule has 18 heavy (non-hydrogen) atoms. The van der Waals surface area contributed by atoms with E-state index in [9.17, 15) is 18.0 Å². The lowest BCUT2D eigenvalue weighted by Crippen LogP contribution is -2.38. The third-order valence-electron chi connectivity index (χ3n) is 2.66. The lowest BCUT2D eigenvalue weighted by molar-refractivity contribution is -0.174. The van der Waals surface area contributed by atoms with E-state index >= 15 is 0 Å². The summed E-state index contributed by atoms with van der Waals surface area (Å²) in [4.78, 5) is 11.0. The number of thiophene rings is 1. The lowest BCUT2D eigenvalue weighted by atomic mass is 10.2. The maximum atomic E-state index is 12.2. The molecule has 0 aromatic carbocycles. The smallest absolute Gasteiger partial charge is 0.341 e. The van der Waals surface area contributed by atoms with Crippen molar-refractivity contribution in [2.24, 2.45) is 5.73 Å². The van der Waals surface area contributed by atoms with Gasteiger partial charge >= 0.3 is 12.1 Å². The monoisotopic (exact) mass is 406 g/mol. The quantitative estimate of drug-likeness (QED) is 0.749. The number of alkyl halides is 3. The molecule has 1 aromatic rings. The number of nitrogens with one attached hydrogen (secondary N) is 1. The Morgan fingerprint density at radius 2 is 1.89 bits per heavy atom. The summed E-state index contributed by atoms with van der Waals surface area (Å²) in [6.45, 7) is 0. The van der Waals surface area contributed by atoms with Gasteiger partial charge in [0, 0.05) is 17.2 Å². The van der Waals surface area contributed by atoms with Crippen LogP contribution < -0.4 is 11.1 Å². The number of halogens is 5. The van der Waals surface area contributed by atoms with Crippen LogP contribution >= 0.6 is 43.2 Å². The van der Waals surface area contributed by atoms with Gasteiger partial charge in [0.2, 0.25) is 0 Å². The van der Waals surface area contributed by atoms with Gasteiger partial charge in [-0.3, -0.25) is 4.79 Å². The van der Waals surface area contributed by atoms with Crippen molar-refractivity contribution in [1.82, 2.24) is 5.32 Å². The molecule has 9 heteroatoms. The summed E-state index contributed by atoms with van der Waals surface area (Å²) < 4.78 is 38.1. The minimum Gasteiger partial charge on any atom is -0.341 e. The average Bonchev–Trinajstić information content (AvgIpc) is 2.67. The lowest BCUT2D eigenvalue weighted by Gasteiger charge is -2.15. The molecule has 0 aliphatic heterocycles. The third kappa shape index (κ3) is 2.45. The summed E-state index contributed by atoms with van der Waals surface area (Å²) in [6.07, 6.45) is -4.62. The molecule has 1 aromatic heterocycles. The number of hydrogen-bond donors (Lipinski definition) is 2. The van der Waals surface area contributed by atoms with Gasteiger partial charge in [-0.2, -0.15) is 13.2 Å². The summed E-state index contributed by atoms with van der Waals surface area (Å²) in [5.74, 6) is -1.94. The van der Waals surface area contributed by atoms with E-state index in [0.717, 1.165) is 9.35 Å². The SMILES string of the molecule is N[C@H]1C[C@@H](NC(=O)C(F)(F)F)c2c(Br)sc(Br)c21. The zero-order chi connectivity index (χ0) is 13.7. The normalized spacial score (nSPS) is 23.0. The highest BCUT2D eigenvalue weighted by Crippen LogP contribution is 2.50. The molecule has 1 amide bonds. The third-order valence-corrected chi connectivity index (χ3v) is 5.29. The fourth-order valence-corrected chi connectivity index (χ4v) is 5.44. The first-order valence-electron chi connectivity index (χ1n) is 4.82. The minimum absolute atomic E-state index is 0.261. The molecule has 0 unspecified atom stereocenters. The van der Waals surface area contributed by atoms with E-state index in [1.165, 1.54) is 11.3 Å². The first-order chi connectivity index (χ1) is 8.21. The average molecular weight is 408 g/mol. The van der Waals surface area contributed by atoms with Crippen molar-refractivity contribution in [3.8, 4) is 0 Å². The molecule has 2 atom stereocenters. The molecular formula is C9H7Br2F3N2OS. The Labute approximate surface area is 121 Å². The summed E-state index contributed by atoms with van der Waals surface area (Å²) in [7, 11) is 0. The molecule has 1 aliphatic carbocycles. The molecule has 100 valence electrons. The van der Waals surface area contributed by atoms with Gasteiger partial charge in [0.05, 0.1) is 13.6 Å². The van der Waals surface area contributed by atoms with Gasteiger partial charge in [-0.25, -0.2) is 0 Å². The summed E-state index contributed by atoms with van der Waals surface area (Å²) in [6, 6.07) is -1.09. The van der Waals surface area contributed by atoms with Crippen LogP contribution in [0.5, 0.6) is 0 Å². The van der Waals surface area contributed by atoms with Gasteiger partial charge in [0.25, 0.3) is 0 Å². The maximum absolute atomic E-state index is 12.2. The van der Waals surface area contributed by atoms with Crippen molar-refractivity contribution >= 4 is 49.1 Å². The maximum Gasteiger partial charge on any atom is 0.471 e. The van der Waals surface area contributed by atoms with E-state index in [1.807, 2.05) is 5.32 Å². The highest BCUT2D eigenvalue weighted by Gasteiger charge is 2.43. The predicted molar refractivity (Wildman–Crippen MR) is 68.2 cm³/mol. The van der Waals surface area contributed by atoms with Crippen LogP contribution in [0.25, 0.3) is 0 Å². The molecule has 3 N–H and O–H groups in total. The largest absolute Gasteiger partial charge is 0.471 e. The van der Waals surface area contributed by atoms with Gasteiger partial charge in [0.1, 0.15) is 0 Å². The van der Waals surface area contributed by atoms with Gasteiger partial charge in [-0.15, -0.1) is 11.3 Å². The number of carbonyl (C=O) groups excluding carboxylic acids is 1.